The van der Waals surface area contributed by atoms with Crippen molar-refractivity contribution in [1.29, 1.82) is 5.26 Å². The number of carbonyl (C=O) groups is 1. The lowest BCUT2D eigenvalue weighted by Crippen LogP contribution is -2.22. The zero-order valence-corrected chi connectivity index (χ0v) is 16.4. The second-order valence-corrected chi connectivity index (χ2v) is 7.32. The van der Waals surface area contributed by atoms with Crippen LogP contribution in [0.25, 0.3) is 0 Å². The van der Waals surface area contributed by atoms with Crippen molar-refractivity contribution in [3.05, 3.63) is 65.8 Å². The van der Waals surface area contributed by atoms with Gasteiger partial charge in [-0.2, -0.15) is 5.26 Å². The first kappa shape index (κ1) is 20.4. The van der Waals surface area contributed by atoms with Crippen molar-refractivity contribution < 1.29 is 18.3 Å². The quantitative estimate of drug-likeness (QED) is 0.576. The van der Waals surface area contributed by atoms with Crippen molar-refractivity contribution in [2.45, 2.75) is 30.4 Å². The average Bonchev–Trinajstić information content (AvgIpc) is 3.18. The molecule has 0 unspecified atom stereocenters. The fourth-order valence-corrected chi connectivity index (χ4v) is 3.02. The molecule has 2 atom stereocenters. The molecular weight excluding hydrogens is 395 g/mol. The molecule has 2 aromatic carbocycles. The molecule has 0 saturated carbocycles. The Morgan fingerprint density at radius 2 is 1.93 bits per heavy atom. The molecule has 1 amide bonds. The number of hydrogen-bond donors (Lipinski definition) is 1. The molecule has 0 saturated heterocycles. The first-order valence-corrected chi connectivity index (χ1v) is 9.56. The minimum Gasteiger partial charge on any atom is -0.481 e. The summed E-state index contributed by atoms with van der Waals surface area (Å²) < 4.78 is 24.2. The van der Waals surface area contributed by atoms with E-state index in [-0.39, 0.29) is 22.8 Å². The second kappa shape index (κ2) is 9.21. The van der Waals surface area contributed by atoms with E-state index >= 15 is 0 Å². The molecule has 0 fully saturated rings. The van der Waals surface area contributed by atoms with E-state index in [1.165, 1.54) is 24.3 Å². The van der Waals surface area contributed by atoms with Crippen LogP contribution in [0.15, 0.2) is 58.2 Å². The summed E-state index contributed by atoms with van der Waals surface area (Å²) >= 11 is 1.09. The van der Waals surface area contributed by atoms with Crippen molar-refractivity contribution in [3.8, 4) is 11.8 Å². The van der Waals surface area contributed by atoms with Gasteiger partial charge in [-0.3, -0.25) is 4.79 Å². The predicted molar refractivity (Wildman–Crippen MR) is 105 cm³/mol. The number of para-hydroxylation sites is 1. The van der Waals surface area contributed by atoms with Crippen LogP contribution in [-0.2, 0) is 4.79 Å². The number of benzene rings is 2. The largest absolute Gasteiger partial charge is 0.481 e. The molecule has 1 N–H and O–H groups in total. The number of nitrogens with one attached hydrogen (secondary N) is 1. The SMILES string of the molecule is C[C@H](Sc1nnc([C@@H](C)Oc2ccc(F)cc2)o1)C(=O)Nc1ccccc1C#N. The third-order valence-electron chi connectivity index (χ3n) is 3.85. The van der Waals surface area contributed by atoms with Gasteiger partial charge in [0.05, 0.1) is 16.5 Å². The number of ether oxygens (including phenoxy) is 1. The van der Waals surface area contributed by atoms with Gasteiger partial charge >= 0.3 is 0 Å². The maximum atomic E-state index is 13.0. The number of thioether (sulfide) groups is 1. The van der Waals surface area contributed by atoms with Gasteiger partial charge in [0, 0.05) is 0 Å². The van der Waals surface area contributed by atoms with Crippen molar-refractivity contribution >= 4 is 23.4 Å². The number of carbonyl (C=O) groups excluding carboxylic acids is 1. The van der Waals surface area contributed by atoms with Gasteiger partial charge in [0.15, 0.2) is 6.10 Å². The second-order valence-electron chi connectivity index (χ2n) is 6.03. The van der Waals surface area contributed by atoms with E-state index < -0.39 is 11.4 Å². The third kappa shape index (κ3) is 5.33. The molecule has 0 spiro atoms. The first-order valence-electron chi connectivity index (χ1n) is 8.68. The van der Waals surface area contributed by atoms with E-state index in [4.69, 9.17) is 14.4 Å². The molecule has 0 aliphatic rings. The van der Waals surface area contributed by atoms with Crippen molar-refractivity contribution in [3.63, 3.8) is 0 Å². The molecule has 148 valence electrons. The van der Waals surface area contributed by atoms with Crippen molar-refractivity contribution in [2.24, 2.45) is 0 Å². The Kier molecular flexibility index (Phi) is 6.46. The fraction of sp³-hybridized carbons (Fsp3) is 0.200. The van der Waals surface area contributed by atoms with Gasteiger partial charge in [0.25, 0.3) is 11.1 Å². The van der Waals surface area contributed by atoms with Gasteiger partial charge in [-0.25, -0.2) is 4.39 Å². The van der Waals surface area contributed by atoms with Crippen molar-refractivity contribution in [2.75, 3.05) is 5.32 Å². The summed E-state index contributed by atoms with van der Waals surface area (Å²) in [7, 11) is 0. The summed E-state index contributed by atoms with van der Waals surface area (Å²) in [6.45, 7) is 3.41. The number of aromatic nitrogens is 2. The van der Waals surface area contributed by atoms with E-state index in [2.05, 4.69) is 15.5 Å². The highest BCUT2D eigenvalue weighted by molar-refractivity contribution is 8.00. The normalized spacial score (nSPS) is 12.6. The van der Waals surface area contributed by atoms with Gasteiger partial charge in [-0.1, -0.05) is 23.9 Å². The Morgan fingerprint density at radius 1 is 1.21 bits per heavy atom. The maximum absolute atomic E-state index is 13.0. The Balaban J connectivity index is 1.59. The van der Waals surface area contributed by atoms with Gasteiger partial charge < -0.3 is 14.5 Å². The highest BCUT2D eigenvalue weighted by Gasteiger charge is 2.21. The van der Waals surface area contributed by atoms with E-state index in [9.17, 15) is 9.18 Å². The van der Waals surface area contributed by atoms with E-state index in [1.807, 2.05) is 6.07 Å². The fourth-order valence-electron chi connectivity index (χ4n) is 2.33. The van der Waals surface area contributed by atoms with Crippen LogP contribution in [0.2, 0.25) is 0 Å². The third-order valence-corrected chi connectivity index (χ3v) is 4.78. The van der Waals surface area contributed by atoms with Crippen LogP contribution in [0.1, 0.15) is 31.4 Å². The molecule has 0 aliphatic heterocycles. The highest BCUT2D eigenvalue weighted by Crippen LogP contribution is 2.27. The minimum atomic E-state index is -0.547. The number of amides is 1. The number of hydrogen-bond acceptors (Lipinski definition) is 7. The molecule has 3 aromatic rings. The topological polar surface area (TPSA) is 101 Å². The number of rotatable bonds is 7. The molecule has 29 heavy (non-hydrogen) atoms. The molecule has 0 aliphatic carbocycles. The molecule has 9 heteroatoms. The molecular formula is C20H17FN4O3S. The molecule has 0 radical (unpaired) electrons. The van der Waals surface area contributed by atoms with Gasteiger partial charge in [0.1, 0.15) is 17.6 Å². The molecule has 1 aromatic heterocycles. The standard InChI is InChI=1S/C20H17FN4O3S/c1-12(27-16-9-7-15(21)8-10-16)19-24-25-20(28-19)29-13(2)18(26)23-17-6-4-3-5-14(17)11-22/h3-10,12-13H,1-2H3,(H,23,26)/t12-,13+/m1/s1. The molecule has 0 bridgehead atoms. The van der Waals surface area contributed by atoms with Crippen LogP contribution < -0.4 is 10.1 Å². The van der Waals surface area contributed by atoms with Gasteiger partial charge in [-0.15, -0.1) is 10.2 Å². The minimum absolute atomic E-state index is 0.214. The van der Waals surface area contributed by atoms with Crippen LogP contribution in [0.4, 0.5) is 10.1 Å². The number of anilines is 1. The summed E-state index contributed by atoms with van der Waals surface area (Å²) in [6.07, 6.45) is -0.547. The number of halogens is 1. The first-order chi connectivity index (χ1) is 14.0. The lowest BCUT2D eigenvalue weighted by molar-refractivity contribution is -0.115. The summed E-state index contributed by atoms with van der Waals surface area (Å²) in [5.41, 5.74) is 0.824. The predicted octanol–water partition coefficient (Wildman–Crippen LogP) is 4.34. The zero-order valence-electron chi connectivity index (χ0n) is 15.6. The Bertz CT molecular complexity index is 1030. The molecule has 7 nitrogen and oxygen atoms in total. The van der Waals surface area contributed by atoms with E-state index in [0.717, 1.165) is 11.8 Å². The lowest BCUT2D eigenvalue weighted by atomic mass is 10.2. The summed E-state index contributed by atoms with van der Waals surface area (Å²) in [4.78, 5) is 12.4. The number of nitrogens with zero attached hydrogens (tertiary/aromatic N) is 3. The van der Waals surface area contributed by atoms with E-state index in [0.29, 0.717) is 17.0 Å². The summed E-state index contributed by atoms with van der Waals surface area (Å²) in [5, 5.41) is 19.4. The van der Waals surface area contributed by atoms with Crippen LogP contribution in [0, 0.1) is 17.1 Å². The van der Waals surface area contributed by atoms with Crippen LogP contribution >= 0.6 is 11.8 Å². The monoisotopic (exact) mass is 412 g/mol. The van der Waals surface area contributed by atoms with Gasteiger partial charge in [-0.05, 0) is 50.2 Å². The van der Waals surface area contributed by atoms with Crippen LogP contribution in [0.5, 0.6) is 5.75 Å². The smallest absolute Gasteiger partial charge is 0.277 e. The van der Waals surface area contributed by atoms with Crippen LogP contribution in [0.3, 0.4) is 0 Å². The van der Waals surface area contributed by atoms with E-state index in [1.54, 1.807) is 38.1 Å². The highest BCUT2D eigenvalue weighted by atomic mass is 32.2. The lowest BCUT2D eigenvalue weighted by Gasteiger charge is -2.11. The zero-order chi connectivity index (χ0) is 20.8. The number of nitriles is 1. The Labute approximate surface area is 170 Å². The van der Waals surface area contributed by atoms with Crippen molar-refractivity contribution in [1.82, 2.24) is 10.2 Å². The molecule has 3 rings (SSSR count). The molecule has 1 heterocycles. The van der Waals surface area contributed by atoms with Crippen LogP contribution in [-0.4, -0.2) is 21.4 Å². The average molecular weight is 412 g/mol. The Morgan fingerprint density at radius 3 is 2.66 bits per heavy atom. The van der Waals surface area contributed by atoms with Gasteiger partial charge in [0.2, 0.25) is 5.91 Å². The Hall–Kier alpha value is -3.38. The summed E-state index contributed by atoms with van der Waals surface area (Å²) in [6, 6.07) is 14.4. The summed E-state index contributed by atoms with van der Waals surface area (Å²) in [5.74, 6) is 0.0497. The maximum Gasteiger partial charge on any atom is 0.277 e.